The third kappa shape index (κ3) is 3.24. The summed E-state index contributed by atoms with van der Waals surface area (Å²) >= 11 is 0. The number of hydrogen-bond donors (Lipinski definition) is 2. The van der Waals surface area contributed by atoms with Crippen molar-refractivity contribution < 1.29 is 0 Å². The van der Waals surface area contributed by atoms with Gasteiger partial charge in [-0.25, -0.2) is 0 Å². The highest BCUT2D eigenvalue weighted by Gasteiger charge is 2.19. The molecule has 1 aromatic rings. The Hall–Kier alpha value is -1.01. The number of nitrogens with two attached hydrogens (primary N) is 1. The predicted molar refractivity (Wildman–Crippen MR) is 57.7 cm³/mol. The van der Waals surface area contributed by atoms with Crippen molar-refractivity contribution in [3.8, 4) is 0 Å². The third-order valence-electron chi connectivity index (χ3n) is 2.78. The Balaban J connectivity index is 2.60. The Morgan fingerprint density at radius 3 is 2.47 bits per heavy atom. The molecule has 1 rings (SSSR count). The van der Waals surface area contributed by atoms with E-state index in [-0.39, 0.29) is 6.04 Å². The molecule has 0 bridgehead atoms. The summed E-state index contributed by atoms with van der Waals surface area (Å²) in [7, 11) is 1.76. The van der Waals surface area contributed by atoms with Crippen LogP contribution in [0.25, 0.3) is 0 Å². The molecule has 1 aromatic heterocycles. The normalized spacial score (nSPS) is 13.4. The monoisotopic (exact) mass is 212 g/mol. The number of hydrogen-bond acceptors (Lipinski definition) is 5. The average molecular weight is 212 g/mol. The smallest absolute Gasteiger partial charge is 0.176 e. The van der Waals surface area contributed by atoms with Crippen LogP contribution >= 0.6 is 0 Å². The number of rotatable bonds is 6. The van der Waals surface area contributed by atoms with Crippen LogP contribution in [0.3, 0.4) is 0 Å². The van der Waals surface area contributed by atoms with Gasteiger partial charge in [0.2, 0.25) is 0 Å². The number of tetrazole rings is 1. The first-order valence-corrected chi connectivity index (χ1v) is 5.40. The Labute approximate surface area is 90.2 Å². The van der Waals surface area contributed by atoms with Crippen LogP contribution in [-0.2, 0) is 13.5 Å². The summed E-state index contributed by atoms with van der Waals surface area (Å²) in [6.07, 6.45) is 2.94. The second-order valence-corrected chi connectivity index (χ2v) is 3.75. The Kier molecular flexibility index (Phi) is 4.64. The fourth-order valence-electron chi connectivity index (χ4n) is 1.82. The van der Waals surface area contributed by atoms with Gasteiger partial charge >= 0.3 is 0 Å². The highest BCUT2D eigenvalue weighted by molar-refractivity contribution is 4.86. The van der Waals surface area contributed by atoms with Gasteiger partial charge in [0.25, 0.3) is 0 Å². The molecule has 0 saturated heterocycles. The van der Waals surface area contributed by atoms with E-state index in [1.807, 2.05) is 0 Å². The Bertz CT molecular complexity index is 280. The number of aryl methyl sites for hydroxylation is 1. The summed E-state index contributed by atoms with van der Waals surface area (Å²) in [6, 6.07) is 0.226. The zero-order chi connectivity index (χ0) is 11.3. The molecule has 6 nitrogen and oxygen atoms in total. The second kappa shape index (κ2) is 5.77. The molecule has 0 radical (unpaired) electrons. The van der Waals surface area contributed by atoms with E-state index < -0.39 is 0 Å². The van der Waals surface area contributed by atoms with Crippen molar-refractivity contribution in [2.45, 2.75) is 39.2 Å². The van der Waals surface area contributed by atoms with Crippen LogP contribution in [0, 0.1) is 5.92 Å². The molecular formula is C9H20N6. The summed E-state index contributed by atoms with van der Waals surface area (Å²) in [5, 5.41) is 11.9. The quantitative estimate of drug-likeness (QED) is 0.513. The number of hydrazine groups is 1. The van der Waals surface area contributed by atoms with E-state index in [0.29, 0.717) is 5.92 Å². The summed E-state index contributed by atoms with van der Waals surface area (Å²) < 4.78 is 0. The lowest BCUT2D eigenvalue weighted by atomic mass is 9.92. The fourth-order valence-corrected chi connectivity index (χ4v) is 1.82. The van der Waals surface area contributed by atoms with Gasteiger partial charge in [-0.2, -0.15) is 4.80 Å². The summed E-state index contributed by atoms with van der Waals surface area (Å²) in [4.78, 5) is 1.47. The first kappa shape index (κ1) is 12.1. The molecule has 6 heteroatoms. The van der Waals surface area contributed by atoms with Gasteiger partial charge in [-0.1, -0.05) is 26.7 Å². The lowest BCUT2D eigenvalue weighted by Gasteiger charge is -2.22. The topological polar surface area (TPSA) is 81.7 Å². The average Bonchev–Trinajstić information content (AvgIpc) is 2.64. The minimum Gasteiger partial charge on any atom is -0.271 e. The van der Waals surface area contributed by atoms with Gasteiger partial charge in [-0.05, 0) is 11.1 Å². The van der Waals surface area contributed by atoms with Crippen LogP contribution in [0.15, 0.2) is 0 Å². The van der Waals surface area contributed by atoms with Crippen LogP contribution in [-0.4, -0.2) is 26.2 Å². The maximum Gasteiger partial charge on any atom is 0.176 e. The zero-order valence-electron chi connectivity index (χ0n) is 9.64. The van der Waals surface area contributed by atoms with Gasteiger partial charge in [0.1, 0.15) is 0 Å². The van der Waals surface area contributed by atoms with Crippen LogP contribution in [0.2, 0.25) is 0 Å². The minimum atomic E-state index is 0.226. The molecule has 1 heterocycles. The number of aromatic nitrogens is 4. The van der Waals surface area contributed by atoms with Crippen molar-refractivity contribution in [3.05, 3.63) is 5.82 Å². The lowest BCUT2D eigenvalue weighted by molar-refractivity contribution is 0.331. The molecule has 15 heavy (non-hydrogen) atoms. The molecule has 0 fully saturated rings. The van der Waals surface area contributed by atoms with Gasteiger partial charge in [0.15, 0.2) is 5.82 Å². The molecule has 1 unspecified atom stereocenters. The van der Waals surface area contributed by atoms with E-state index in [0.717, 1.165) is 25.1 Å². The number of nitrogens with zero attached hydrogens (tertiary/aromatic N) is 4. The third-order valence-corrected chi connectivity index (χ3v) is 2.78. The van der Waals surface area contributed by atoms with Crippen molar-refractivity contribution in [1.82, 2.24) is 25.6 Å². The molecule has 86 valence electrons. The molecule has 3 N–H and O–H groups in total. The first-order chi connectivity index (χ1) is 7.21. The molecule has 0 aliphatic heterocycles. The van der Waals surface area contributed by atoms with Crippen LogP contribution in [0.1, 0.15) is 32.5 Å². The van der Waals surface area contributed by atoms with E-state index in [9.17, 15) is 0 Å². The van der Waals surface area contributed by atoms with Gasteiger partial charge in [0, 0.05) is 12.5 Å². The SMILES string of the molecule is CCC(CC)C(Cc1nnn(C)n1)NN. The van der Waals surface area contributed by atoms with E-state index in [4.69, 9.17) is 5.84 Å². The highest BCUT2D eigenvalue weighted by atomic mass is 15.6. The molecule has 1 atom stereocenters. The summed E-state index contributed by atoms with van der Waals surface area (Å²) in [6.45, 7) is 4.34. The van der Waals surface area contributed by atoms with E-state index in [1.54, 1.807) is 7.05 Å². The highest BCUT2D eigenvalue weighted by Crippen LogP contribution is 2.14. The van der Waals surface area contributed by atoms with Gasteiger partial charge in [-0.15, -0.1) is 10.2 Å². The Morgan fingerprint density at radius 1 is 1.40 bits per heavy atom. The van der Waals surface area contributed by atoms with E-state index >= 15 is 0 Å². The molecular weight excluding hydrogens is 192 g/mol. The maximum atomic E-state index is 5.55. The number of nitrogens with one attached hydrogen (secondary N) is 1. The van der Waals surface area contributed by atoms with Gasteiger partial charge < -0.3 is 0 Å². The van der Waals surface area contributed by atoms with Crippen molar-refractivity contribution in [2.24, 2.45) is 18.8 Å². The van der Waals surface area contributed by atoms with Crippen molar-refractivity contribution in [3.63, 3.8) is 0 Å². The van der Waals surface area contributed by atoms with E-state index in [1.165, 1.54) is 4.80 Å². The molecule has 0 amide bonds. The van der Waals surface area contributed by atoms with Crippen molar-refractivity contribution >= 4 is 0 Å². The van der Waals surface area contributed by atoms with Gasteiger partial charge in [0.05, 0.1) is 7.05 Å². The lowest BCUT2D eigenvalue weighted by Crippen LogP contribution is -2.42. The Morgan fingerprint density at radius 2 is 2.07 bits per heavy atom. The largest absolute Gasteiger partial charge is 0.271 e. The molecule has 0 aromatic carbocycles. The first-order valence-electron chi connectivity index (χ1n) is 5.40. The fraction of sp³-hybridized carbons (Fsp3) is 0.889. The molecule has 0 spiro atoms. The van der Waals surface area contributed by atoms with E-state index in [2.05, 4.69) is 34.7 Å². The molecule has 0 aliphatic rings. The van der Waals surface area contributed by atoms with Crippen LogP contribution in [0.4, 0.5) is 0 Å². The maximum absolute atomic E-state index is 5.55. The zero-order valence-corrected chi connectivity index (χ0v) is 9.64. The van der Waals surface area contributed by atoms with Crippen molar-refractivity contribution in [1.29, 1.82) is 0 Å². The molecule has 0 aliphatic carbocycles. The summed E-state index contributed by atoms with van der Waals surface area (Å²) in [5.74, 6) is 6.84. The van der Waals surface area contributed by atoms with Crippen LogP contribution < -0.4 is 11.3 Å². The minimum absolute atomic E-state index is 0.226. The standard InChI is InChI=1S/C9H20N6/c1-4-7(5-2)8(11-10)6-9-12-14-15(3)13-9/h7-8,11H,4-6,10H2,1-3H3. The molecule has 0 saturated carbocycles. The predicted octanol–water partition coefficient (Wildman–Crippen LogP) is 0.0207. The van der Waals surface area contributed by atoms with Crippen LogP contribution in [0.5, 0.6) is 0 Å². The summed E-state index contributed by atoms with van der Waals surface area (Å²) in [5.41, 5.74) is 2.84. The second-order valence-electron chi connectivity index (χ2n) is 3.75. The van der Waals surface area contributed by atoms with Gasteiger partial charge in [-0.3, -0.25) is 11.3 Å². The van der Waals surface area contributed by atoms with Crippen molar-refractivity contribution in [2.75, 3.05) is 0 Å².